The van der Waals surface area contributed by atoms with Crippen molar-refractivity contribution in [3.63, 3.8) is 0 Å². The van der Waals surface area contributed by atoms with Crippen LogP contribution >= 0.6 is 0 Å². The molecule has 0 saturated heterocycles. The fourth-order valence-electron chi connectivity index (χ4n) is 2.08. The van der Waals surface area contributed by atoms with Crippen LogP contribution in [-0.4, -0.2) is 43.5 Å². The Morgan fingerprint density at radius 1 is 1.55 bits per heavy atom. The fraction of sp³-hybridized carbons (Fsp3) is 0.467. The van der Waals surface area contributed by atoms with Crippen molar-refractivity contribution in [1.82, 2.24) is 15.2 Å². The monoisotopic (exact) mass is 275 g/mol. The summed E-state index contributed by atoms with van der Waals surface area (Å²) >= 11 is 0. The highest BCUT2D eigenvalue weighted by molar-refractivity contribution is 5.88. The van der Waals surface area contributed by atoms with E-state index >= 15 is 0 Å². The van der Waals surface area contributed by atoms with E-state index in [-0.39, 0.29) is 11.4 Å². The summed E-state index contributed by atoms with van der Waals surface area (Å²) in [5.41, 5.74) is 0.814. The number of hydrogen-bond donors (Lipinski definition) is 1. The van der Waals surface area contributed by atoms with Gasteiger partial charge in [-0.1, -0.05) is 6.08 Å². The number of ether oxygens (including phenoxy) is 1. The normalized spacial score (nSPS) is 16.4. The molecule has 0 aliphatic heterocycles. The summed E-state index contributed by atoms with van der Waals surface area (Å²) in [4.78, 5) is 18.0. The minimum absolute atomic E-state index is 0.0554. The van der Waals surface area contributed by atoms with Crippen molar-refractivity contribution < 1.29 is 9.53 Å². The zero-order chi connectivity index (χ0) is 14.6. The summed E-state index contributed by atoms with van der Waals surface area (Å²) in [6.45, 7) is 0.753. The van der Waals surface area contributed by atoms with E-state index in [0.29, 0.717) is 5.88 Å². The van der Waals surface area contributed by atoms with E-state index in [4.69, 9.17) is 4.74 Å². The van der Waals surface area contributed by atoms with Crippen molar-refractivity contribution in [2.75, 3.05) is 27.7 Å². The van der Waals surface area contributed by atoms with E-state index in [2.05, 4.69) is 10.3 Å². The molecule has 1 aliphatic carbocycles. The molecule has 5 nitrogen and oxygen atoms in total. The Kier molecular flexibility index (Phi) is 4.39. The number of carbonyl (C=O) groups is 1. The summed E-state index contributed by atoms with van der Waals surface area (Å²) in [6.07, 6.45) is 7.07. The topological polar surface area (TPSA) is 54.5 Å². The Labute approximate surface area is 119 Å². The number of likely N-dealkylation sites (N-methyl/N-ethyl adjacent to an activating group) is 1. The van der Waals surface area contributed by atoms with Crippen molar-refractivity contribution in [1.29, 1.82) is 0 Å². The van der Waals surface area contributed by atoms with Crippen LogP contribution in [0.4, 0.5) is 0 Å². The van der Waals surface area contributed by atoms with Crippen LogP contribution in [0.15, 0.2) is 30.5 Å². The van der Waals surface area contributed by atoms with Crippen LogP contribution in [0.5, 0.6) is 5.88 Å². The Balaban J connectivity index is 2.01. The lowest BCUT2D eigenvalue weighted by Crippen LogP contribution is -2.33. The number of nitrogens with zero attached hydrogens (tertiary/aromatic N) is 2. The van der Waals surface area contributed by atoms with Crippen LogP contribution in [0.1, 0.15) is 18.4 Å². The van der Waals surface area contributed by atoms with Gasteiger partial charge in [-0.2, -0.15) is 0 Å². The molecule has 1 saturated carbocycles. The number of carbonyl (C=O) groups excluding carboxylic acids is 1. The number of hydrogen-bond acceptors (Lipinski definition) is 4. The Morgan fingerprint density at radius 3 is 2.90 bits per heavy atom. The molecule has 0 atom stereocenters. The quantitative estimate of drug-likeness (QED) is 0.795. The van der Waals surface area contributed by atoms with Gasteiger partial charge in [0.1, 0.15) is 0 Å². The molecule has 0 spiro atoms. The van der Waals surface area contributed by atoms with Crippen molar-refractivity contribution in [2.24, 2.45) is 0 Å². The predicted octanol–water partition coefficient (Wildman–Crippen LogP) is 1.31. The third-order valence-electron chi connectivity index (χ3n) is 3.35. The van der Waals surface area contributed by atoms with Crippen LogP contribution in [0, 0.1) is 0 Å². The predicted molar refractivity (Wildman–Crippen MR) is 77.5 cm³/mol. The molecular formula is C15H21N3O2. The van der Waals surface area contributed by atoms with E-state index in [0.717, 1.165) is 24.9 Å². The second-order valence-corrected chi connectivity index (χ2v) is 5.32. The van der Waals surface area contributed by atoms with E-state index in [1.165, 1.54) is 0 Å². The van der Waals surface area contributed by atoms with Gasteiger partial charge in [0.05, 0.1) is 12.6 Å². The largest absolute Gasteiger partial charge is 0.481 e. The molecule has 1 aromatic rings. The van der Waals surface area contributed by atoms with Crippen LogP contribution in [0.3, 0.4) is 0 Å². The molecule has 1 N–H and O–H groups in total. The van der Waals surface area contributed by atoms with Crippen molar-refractivity contribution >= 4 is 5.91 Å². The first-order valence-electron chi connectivity index (χ1n) is 6.70. The lowest BCUT2D eigenvalue weighted by atomic mass is 10.1. The standard InChI is InChI=1S/C15H21N3O2/c1-18(2)10-4-5-13(19)17-15(7-8-15)12-6-9-16-14(11-12)20-3/h4-6,9,11H,7-8,10H2,1-3H3,(H,17,19)/b5-4+. The van der Waals surface area contributed by atoms with E-state index in [1.54, 1.807) is 19.4 Å². The molecular weight excluding hydrogens is 254 g/mol. The Morgan fingerprint density at radius 2 is 2.30 bits per heavy atom. The van der Waals surface area contributed by atoms with Gasteiger partial charge in [-0.05, 0) is 38.6 Å². The van der Waals surface area contributed by atoms with Gasteiger partial charge in [-0.3, -0.25) is 4.79 Å². The molecule has 20 heavy (non-hydrogen) atoms. The SMILES string of the molecule is COc1cc(C2(NC(=O)/C=C/CN(C)C)CC2)ccn1. The molecule has 1 aliphatic rings. The third-order valence-corrected chi connectivity index (χ3v) is 3.35. The lowest BCUT2D eigenvalue weighted by Gasteiger charge is -2.17. The number of aromatic nitrogens is 1. The molecule has 1 amide bonds. The zero-order valence-electron chi connectivity index (χ0n) is 12.2. The molecule has 1 heterocycles. The van der Waals surface area contributed by atoms with Gasteiger partial charge in [0.15, 0.2) is 0 Å². The van der Waals surface area contributed by atoms with Crippen LogP contribution < -0.4 is 10.1 Å². The van der Waals surface area contributed by atoms with E-state index in [1.807, 2.05) is 37.2 Å². The average Bonchev–Trinajstić information content (AvgIpc) is 3.19. The molecule has 108 valence electrons. The smallest absolute Gasteiger partial charge is 0.244 e. The van der Waals surface area contributed by atoms with Gasteiger partial charge in [-0.25, -0.2) is 4.98 Å². The second-order valence-electron chi connectivity index (χ2n) is 5.32. The lowest BCUT2D eigenvalue weighted by molar-refractivity contribution is -0.117. The molecule has 1 fully saturated rings. The van der Waals surface area contributed by atoms with E-state index in [9.17, 15) is 4.79 Å². The summed E-state index contributed by atoms with van der Waals surface area (Å²) in [5, 5.41) is 3.08. The van der Waals surface area contributed by atoms with E-state index < -0.39 is 0 Å². The minimum atomic E-state index is -0.240. The van der Waals surface area contributed by atoms with Crippen LogP contribution in [-0.2, 0) is 10.3 Å². The van der Waals surface area contributed by atoms with Crippen molar-refractivity contribution in [2.45, 2.75) is 18.4 Å². The van der Waals surface area contributed by atoms with Gasteiger partial charge in [-0.15, -0.1) is 0 Å². The van der Waals surface area contributed by atoms with Gasteiger partial charge >= 0.3 is 0 Å². The summed E-state index contributed by atoms with van der Waals surface area (Å²) in [5.74, 6) is 0.520. The summed E-state index contributed by atoms with van der Waals surface area (Å²) in [6, 6.07) is 3.82. The molecule has 0 radical (unpaired) electrons. The fourth-order valence-corrected chi connectivity index (χ4v) is 2.08. The number of amides is 1. The Hall–Kier alpha value is -1.88. The maximum Gasteiger partial charge on any atom is 0.244 e. The minimum Gasteiger partial charge on any atom is -0.481 e. The maximum absolute atomic E-state index is 11.9. The Bertz CT molecular complexity index is 508. The average molecular weight is 275 g/mol. The second kappa shape index (κ2) is 6.05. The first-order chi connectivity index (χ1) is 9.55. The van der Waals surface area contributed by atoms with Crippen LogP contribution in [0.25, 0.3) is 0 Å². The summed E-state index contributed by atoms with van der Waals surface area (Å²) < 4.78 is 5.13. The number of pyridine rings is 1. The highest BCUT2D eigenvalue weighted by Crippen LogP contribution is 2.45. The first kappa shape index (κ1) is 14.5. The molecule has 2 rings (SSSR count). The van der Waals surface area contributed by atoms with Crippen molar-refractivity contribution in [3.8, 4) is 5.88 Å². The van der Waals surface area contributed by atoms with Gasteiger partial charge in [0.2, 0.25) is 11.8 Å². The zero-order valence-corrected chi connectivity index (χ0v) is 12.2. The summed E-state index contributed by atoms with van der Waals surface area (Å²) in [7, 11) is 5.52. The van der Waals surface area contributed by atoms with Crippen molar-refractivity contribution in [3.05, 3.63) is 36.0 Å². The van der Waals surface area contributed by atoms with Gasteiger partial charge in [0.25, 0.3) is 0 Å². The number of rotatable bonds is 6. The molecule has 0 bridgehead atoms. The van der Waals surface area contributed by atoms with Gasteiger partial charge in [0, 0.05) is 24.9 Å². The molecule has 0 aromatic carbocycles. The maximum atomic E-state index is 11.9. The first-order valence-corrected chi connectivity index (χ1v) is 6.70. The molecule has 1 aromatic heterocycles. The number of methoxy groups -OCH3 is 1. The molecule has 0 unspecified atom stereocenters. The number of nitrogens with one attached hydrogen (secondary N) is 1. The molecule has 5 heteroatoms. The van der Waals surface area contributed by atoms with Crippen LogP contribution in [0.2, 0.25) is 0 Å². The highest BCUT2D eigenvalue weighted by Gasteiger charge is 2.45. The third kappa shape index (κ3) is 3.57. The highest BCUT2D eigenvalue weighted by atomic mass is 16.5. The van der Waals surface area contributed by atoms with Gasteiger partial charge < -0.3 is 15.0 Å².